The van der Waals surface area contributed by atoms with Crippen LogP contribution < -0.4 is 4.74 Å². The maximum absolute atomic E-state index is 10.5. The normalized spacial score (nSPS) is 10.7. The highest BCUT2D eigenvalue weighted by Crippen LogP contribution is 2.20. The standard InChI is InChI=1S/C16H15O2/c17-12-13-18-16-9-5-4-8-15(16)11-10-14-6-2-1-3-7-14/h1-11H,12-13H2. The van der Waals surface area contributed by atoms with Crippen LogP contribution in [0.3, 0.4) is 0 Å². The van der Waals surface area contributed by atoms with Crippen molar-refractivity contribution in [1.29, 1.82) is 0 Å². The van der Waals surface area contributed by atoms with Gasteiger partial charge in [0.15, 0.2) is 0 Å². The van der Waals surface area contributed by atoms with Crippen molar-refractivity contribution >= 4 is 12.2 Å². The smallest absolute Gasteiger partial charge is 0.126 e. The van der Waals surface area contributed by atoms with Crippen LogP contribution in [0.4, 0.5) is 0 Å². The van der Waals surface area contributed by atoms with Gasteiger partial charge in [-0.1, -0.05) is 60.7 Å². The first-order valence-electron chi connectivity index (χ1n) is 5.93. The van der Waals surface area contributed by atoms with E-state index in [0.717, 1.165) is 16.9 Å². The lowest BCUT2D eigenvalue weighted by Gasteiger charge is -2.06. The van der Waals surface area contributed by atoms with Gasteiger partial charge in [-0.3, -0.25) is 0 Å². The van der Waals surface area contributed by atoms with Gasteiger partial charge < -0.3 is 4.74 Å². The zero-order chi connectivity index (χ0) is 12.6. The molecule has 0 saturated heterocycles. The van der Waals surface area contributed by atoms with Crippen LogP contribution in [0.25, 0.3) is 12.2 Å². The number of ether oxygens (including phenoxy) is 1. The van der Waals surface area contributed by atoms with E-state index in [1.54, 1.807) is 0 Å². The molecule has 0 aliphatic carbocycles. The molecule has 2 nitrogen and oxygen atoms in total. The second kappa shape index (κ2) is 6.62. The van der Waals surface area contributed by atoms with Gasteiger partial charge in [-0.2, -0.15) is 0 Å². The van der Waals surface area contributed by atoms with Crippen molar-refractivity contribution < 1.29 is 9.84 Å². The van der Waals surface area contributed by atoms with Crippen LogP contribution in [0, 0.1) is 0 Å². The molecule has 0 N–H and O–H groups in total. The number of benzene rings is 2. The van der Waals surface area contributed by atoms with Crippen LogP contribution in [0.15, 0.2) is 54.6 Å². The van der Waals surface area contributed by atoms with E-state index in [1.807, 2.05) is 66.7 Å². The minimum absolute atomic E-state index is 0.205. The molecule has 0 aromatic heterocycles. The first-order chi connectivity index (χ1) is 8.90. The molecule has 0 bridgehead atoms. The minimum Gasteiger partial charge on any atom is -0.490 e. The second-order valence-electron chi connectivity index (χ2n) is 3.83. The molecule has 0 aliphatic rings. The average Bonchev–Trinajstić information content (AvgIpc) is 2.45. The molecule has 1 radical (unpaired) electrons. The van der Waals surface area contributed by atoms with Crippen molar-refractivity contribution in [3.05, 3.63) is 65.7 Å². The molecule has 0 heterocycles. The fourth-order valence-electron chi connectivity index (χ4n) is 1.65. The van der Waals surface area contributed by atoms with Crippen molar-refractivity contribution in [2.45, 2.75) is 0 Å². The summed E-state index contributed by atoms with van der Waals surface area (Å²) in [5.74, 6) is 0.750. The minimum atomic E-state index is -0.225. The van der Waals surface area contributed by atoms with Crippen LogP contribution in [0.5, 0.6) is 5.75 Å². The van der Waals surface area contributed by atoms with E-state index >= 15 is 0 Å². The Morgan fingerprint density at radius 2 is 1.61 bits per heavy atom. The molecule has 0 amide bonds. The third kappa shape index (κ3) is 3.47. The first-order valence-corrected chi connectivity index (χ1v) is 5.93. The third-order valence-corrected chi connectivity index (χ3v) is 2.51. The highest BCUT2D eigenvalue weighted by Gasteiger charge is 1.98. The van der Waals surface area contributed by atoms with Gasteiger partial charge in [-0.05, 0) is 11.6 Å². The van der Waals surface area contributed by atoms with Crippen molar-refractivity contribution in [2.24, 2.45) is 0 Å². The Morgan fingerprint density at radius 3 is 2.39 bits per heavy atom. The quantitative estimate of drug-likeness (QED) is 0.732. The SMILES string of the molecule is [O]CCOc1ccccc1C=Cc1ccccc1. The number of hydrogen-bond donors (Lipinski definition) is 0. The van der Waals surface area contributed by atoms with Crippen LogP contribution in [0.2, 0.25) is 0 Å². The highest BCUT2D eigenvalue weighted by molar-refractivity contribution is 5.72. The number of hydrogen-bond acceptors (Lipinski definition) is 1. The van der Waals surface area contributed by atoms with Gasteiger partial charge in [-0.25, -0.2) is 5.11 Å². The summed E-state index contributed by atoms with van der Waals surface area (Å²) in [6.45, 7) is -0.0209. The van der Waals surface area contributed by atoms with Crippen molar-refractivity contribution in [3.63, 3.8) is 0 Å². The van der Waals surface area contributed by atoms with Gasteiger partial charge >= 0.3 is 0 Å². The first kappa shape index (κ1) is 12.4. The van der Waals surface area contributed by atoms with Crippen LogP contribution >= 0.6 is 0 Å². The molecule has 0 fully saturated rings. The Labute approximate surface area is 107 Å². The highest BCUT2D eigenvalue weighted by atomic mass is 16.5. The average molecular weight is 239 g/mol. The Balaban J connectivity index is 2.15. The molecule has 2 aromatic carbocycles. The van der Waals surface area contributed by atoms with Gasteiger partial charge in [0.2, 0.25) is 0 Å². The summed E-state index contributed by atoms with van der Waals surface area (Å²) in [7, 11) is 0. The summed E-state index contributed by atoms with van der Waals surface area (Å²) in [5.41, 5.74) is 2.12. The van der Waals surface area contributed by atoms with Crippen LogP contribution in [0.1, 0.15) is 11.1 Å². The topological polar surface area (TPSA) is 29.1 Å². The van der Waals surface area contributed by atoms with Crippen molar-refractivity contribution in [1.82, 2.24) is 0 Å². The van der Waals surface area contributed by atoms with E-state index < -0.39 is 0 Å². The van der Waals surface area contributed by atoms with Gasteiger partial charge in [0.1, 0.15) is 19.0 Å². The summed E-state index contributed by atoms with van der Waals surface area (Å²) in [6.07, 6.45) is 4.02. The molecule has 0 unspecified atom stereocenters. The van der Waals surface area contributed by atoms with E-state index in [0.29, 0.717) is 0 Å². The fourth-order valence-corrected chi connectivity index (χ4v) is 1.65. The molecule has 2 rings (SSSR count). The molecule has 0 saturated carbocycles. The molecule has 0 spiro atoms. The molecule has 18 heavy (non-hydrogen) atoms. The van der Waals surface area contributed by atoms with Crippen molar-refractivity contribution in [3.8, 4) is 5.75 Å². The van der Waals surface area contributed by atoms with E-state index in [4.69, 9.17) is 4.74 Å². The molecule has 2 aromatic rings. The lowest BCUT2D eigenvalue weighted by molar-refractivity contribution is 0.138. The lowest BCUT2D eigenvalue weighted by atomic mass is 10.1. The third-order valence-electron chi connectivity index (χ3n) is 2.51. The van der Waals surface area contributed by atoms with Gasteiger partial charge in [0, 0.05) is 5.56 Å². The predicted octanol–water partition coefficient (Wildman–Crippen LogP) is 3.67. The maximum atomic E-state index is 10.5. The van der Waals surface area contributed by atoms with E-state index in [2.05, 4.69) is 0 Å². The van der Waals surface area contributed by atoms with Gasteiger partial charge in [0.05, 0.1) is 0 Å². The summed E-state index contributed by atoms with van der Waals surface area (Å²) < 4.78 is 5.41. The van der Waals surface area contributed by atoms with Gasteiger partial charge in [-0.15, -0.1) is 0 Å². The Kier molecular flexibility index (Phi) is 4.56. The maximum Gasteiger partial charge on any atom is 0.126 e. The van der Waals surface area contributed by atoms with Crippen LogP contribution in [-0.4, -0.2) is 13.2 Å². The Morgan fingerprint density at radius 1 is 0.889 bits per heavy atom. The summed E-state index contributed by atoms with van der Waals surface area (Å²) in [4.78, 5) is 0. The van der Waals surface area contributed by atoms with E-state index in [9.17, 15) is 5.11 Å². The van der Waals surface area contributed by atoms with E-state index in [1.165, 1.54) is 0 Å². The summed E-state index contributed by atoms with van der Waals surface area (Å²) in [5, 5.41) is 10.5. The molecule has 91 valence electrons. The molecular weight excluding hydrogens is 224 g/mol. The molecule has 0 atom stereocenters. The van der Waals surface area contributed by atoms with Gasteiger partial charge in [0.25, 0.3) is 0 Å². The second-order valence-corrected chi connectivity index (χ2v) is 3.83. The number of para-hydroxylation sites is 1. The monoisotopic (exact) mass is 239 g/mol. The summed E-state index contributed by atoms with van der Waals surface area (Å²) in [6, 6.07) is 17.8. The van der Waals surface area contributed by atoms with Crippen LogP contribution in [-0.2, 0) is 5.11 Å². The number of rotatable bonds is 5. The molecule has 0 aliphatic heterocycles. The fraction of sp³-hybridized carbons (Fsp3) is 0.125. The Bertz CT molecular complexity index is 504. The summed E-state index contributed by atoms with van der Waals surface area (Å²) >= 11 is 0. The molecular formula is C16H15O2. The Hall–Kier alpha value is -2.06. The lowest BCUT2D eigenvalue weighted by Crippen LogP contribution is -2.01. The van der Waals surface area contributed by atoms with E-state index in [-0.39, 0.29) is 13.2 Å². The zero-order valence-corrected chi connectivity index (χ0v) is 10.1. The molecule has 2 heteroatoms. The largest absolute Gasteiger partial charge is 0.490 e. The van der Waals surface area contributed by atoms with Crippen molar-refractivity contribution in [2.75, 3.05) is 13.2 Å². The zero-order valence-electron chi connectivity index (χ0n) is 10.1. The predicted molar refractivity (Wildman–Crippen MR) is 72.9 cm³/mol.